The van der Waals surface area contributed by atoms with Crippen LogP contribution in [0.4, 0.5) is 5.69 Å². The van der Waals surface area contributed by atoms with Crippen molar-refractivity contribution in [2.75, 3.05) is 24.5 Å². The van der Waals surface area contributed by atoms with Crippen LogP contribution in [0.3, 0.4) is 0 Å². The molecule has 2 atom stereocenters. The average molecular weight is 327 g/mol. The van der Waals surface area contributed by atoms with Crippen LogP contribution in [0.5, 0.6) is 0 Å². The molecule has 106 valence electrons. The topological polar surface area (TPSA) is 35.5 Å². The first kappa shape index (κ1) is 14.8. The number of rotatable bonds is 4. The molecule has 1 aromatic rings. The van der Waals surface area contributed by atoms with Crippen LogP contribution in [-0.4, -0.2) is 30.8 Å². The molecule has 3 nitrogen and oxygen atoms in total. The number of hydrogen-bond acceptors (Lipinski definition) is 3. The summed E-state index contributed by atoms with van der Waals surface area (Å²) in [4.78, 5) is 2.40. The van der Waals surface area contributed by atoms with Crippen molar-refractivity contribution in [3.8, 4) is 0 Å². The Hall–Kier alpha value is -0.580. The van der Waals surface area contributed by atoms with Crippen LogP contribution in [0.25, 0.3) is 0 Å². The number of nitrogens with zero attached hydrogens (tertiary/aromatic N) is 1. The van der Waals surface area contributed by atoms with Gasteiger partial charge in [0.1, 0.15) is 0 Å². The van der Waals surface area contributed by atoms with Gasteiger partial charge in [0.25, 0.3) is 0 Å². The van der Waals surface area contributed by atoms with Crippen LogP contribution in [0.1, 0.15) is 25.8 Å². The number of aliphatic hydroxyl groups is 1. The van der Waals surface area contributed by atoms with E-state index in [-0.39, 0.29) is 6.10 Å². The second-order valence-corrected chi connectivity index (χ2v) is 6.25. The molecule has 0 spiro atoms. The van der Waals surface area contributed by atoms with Crippen LogP contribution in [-0.2, 0) is 6.54 Å². The minimum atomic E-state index is -0.152. The van der Waals surface area contributed by atoms with Gasteiger partial charge in [0.05, 0.1) is 6.10 Å². The predicted octanol–water partition coefficient (Wildman–Crippen LogP) is 2.77. The quantitative estimate of drug-likeness (QED) is 0.893. The van der Waals surface area contributed by atoms with E-state index in [0.29, 0.717) is 5.92 Å². The van der Waals surface area contributed by atoms with Crippen molar-refractivity contribution in [3.05, 3.63) is 28.2 Å². The summed E-state index contributed by atoms with van der Waals surface area (Å²) in [6.07, 6.45) is 0.703. The van der Waals surface area contributed by atoms with E-state index >= 15 is 0 Å². The summed E-state index contributed by atoms with van der Waals surface area (Å²) >= 11 is 3.56. The number of hydrogen-bond donors (Lipinski definition) is 2. The Morgan fingerprint density at radius 2 is 2.26 bits per heavy atom. The van der Waals surface area contributed by atoms with Gasteiger partial charge in [-0.15, -0.1) is 0 Å². The van der Waals surface area contributed by atoms with Gasteiger partial charge in [-0.25, -0.2) is 0 Å². The summed E-state index contributed by atoms with van der Waals surface area (Å²) in [7, 11) is 0. The highest BCUT2D eigenvalue weighted by atomic mass is 79.9. The van der Waals surface area contributed by atoms with Gasteiger partial charge in [0.15, 0.2) is 0 Å². The summed E-state index contributed by atoms with van der Waals surface area (Å²) in [5, 5.41) is 13.3. The van der Waals surface area contributed by atoms with Gasteiger partial charge in [-0.2, -0.15) is 0 Å². The molecular weight excluding hydrogens is 304 g/mol. The van der Waals surface area contributed by atoms with Gasteiger partial charge in [-0.1, -0.05) is 35.8 Å². The Labute approximate surface area is 124 Å². The smallest absolute Gasteiger partial charge is 0.0599 e. The third-order valence-electron chi connectivity index (χ3n) is 3.81. The van der Waals surface area contributed by atoms with E-state index in [2.05, 4.69) is 58.2 Å². The molecule has 1 aliphatic heterocycles. The second-order valence-electron chi connectivity index (χ2n) is 5.33. The SMILES string of the molecule is CCNCc1ccc(Br)cc1N1CCC(O)C(C)C1. The van der Waals surface area contributed by atoms with Crippen LogP contribution in [0, 0.1) is 5.92 Å². The fourth-order valence-corrected chi connectivity index (χ4v) is 2.94. The standard InChI is InChI=1S/C15H23BrN2O/c1-3-17-9-12-4-5-13(16)8-14(12)18-7-6-15(19)11(2)10-18/h4-5,8,11,15,17,19H,3,6-7,9-10H2,1-2H3. The van der Waals surface area contributed by atoms with Gasteiger partial charge in [0.2, 0.25) is 0 Å². The molecule has 4 heteroatoms. The molecule has 1 fully saturated rings. The molecule has 1 aromatic carbocycles. The zero-order chi connectivity index (χ0) is 13.8. The van der Waals surface area contributed by atoms with Gasteiger partial charge >= 0.3 is 0 Å². The lowest BCUT2D eigenvalue weighted by Crippen LogP contribution is -2.42. The Balaban J connectivity index is 2.19. The molecule has 0 aromatic heterocycles. The van der Waals surface area contributed by atoms with E-state index in [1.54, 1.807) is 0 Å². The number of halogens is 1. The number of anilines is 1. The predicted molar refractivity (Wildman–Crippen MR) is 83.5 cm³/mol. The first-order chi connectivity index (χ1) is 9.11. The van der Waals surface area contributed by atoms with Crippen molar-refractivity contribution >= 4 is 21.6 Å². The summed E-state index contributed by atoms with van der Waals surface area (Å²) in [6.45, 7) is 7.98. The van der Waals surface area contributed by atoms with E-state index in [1.807, 2.05) is 0 Å². The maximum Gasteiger partial charge on any atom is 0.0599 e. The Morgan fingerprint density at radius 1 is 1.47 bits per heavy atom. The molecule has 0 saturated carbocycles. The lowest BCUT2D eigenvalue weighted by molar-refractivity contribution is 0.0970. The molecule has 2 rings (SSSR count). The van der Waals surface area contributed by atoms with Crippen molar-refractivity contribution in [3.63, 3.8) is 0 Å². The first-order valence-corrected chi connectivity index (χ1v) is 7.83. The maximum absolute atomic E-state index is 9.86. The Morgan fingerprint density at radius 3 is 2.95 bits per heavy atom. The van der Waals surface area contributed by atoms with Crippen LogP contribution < -0.4 is 10.2 Å². The van der Waals surface area contributed by atoms with E-state index in [1.165, 1.54) is 11.3 Å². The van der Waals surface area contributed by atoms with E-state index in [0.717, 1.165) is 37.1 Å². The van der Waals surface area contributed by atoms with Crippen molar-refractivity contribution in [2.45, 2.75) is 32.9 Å². The fourth-order valence-electron chi connectivity index (χ4n) is 2.59. The summed E-state index contributed by atoms with van der Waals surface area (Å²) in [5.74, 6) is 0.333. The fraction of sp³-hybridized carbons (Fsp3) is 0.600. The van der Waals surface area contributed by atoms with Crippen LogP contribution >= 0.6 is 15.9 Å². The number of aliphatic hydroxyl groups excluding tert-OH is 1. The molecule has 0 amide bonds. The number of piperidine rings is 1. The third kappa shape index (κ3) is 3.71. The first-order valence-electron chi connectivity index (χ1n) is 7.04. The highest BCUT2D eigenvalue weighted by molar-refractivity contribution is 9.10. The number of benzene rings is 1. The number of nitrogens with one attached hydrogen (secondary N) is 1. The van der Waals surface area contributed by atoms with Crippen molar-refractivity contribution < 1.29 is 5.11 Å². The lowest BCUT2D eigenvalue weighted by atomic mass is 9.95. The average Bonchev–Trinajstić information content (AvgIpc) is 2.40. The van der Waals surface area contributed by atoms with Gasteiger partial charge < -0.3 is 15.3 Å². The van der Waals surface area contributed by atoms with Crippen LogP contribution in [0.2, 0.25) is 0 Å². The maximum atomic E-state index is 9.86. The monoisotopic (exact) mass is 326 g/mol. The molecule has 0 aliphatic carbocycles. The van der Waals surface area contributed by atoms with Crippen molar-refractivity contribution in [2.24, 2.45) is 5.92 Å². The minimum absolute atomic E-state index is 0.152. The van der Waals surface area contributed by atoms with E-state index < -0.39 is 0 Å². The van der Waals surface area contributed by atoms with E-state index in [4.69, 9.17) is 0 Å². The molecule has 2 unspecified atom stereocenters. The van der Waals surface area contributed by atoms with Crippen molar-refractivity contribution in [1.29, 1.82) is 0 Å². The van der Waals surface area contributed by atoms with Gasteiger partial charge in [-0.05, 0) is 36.6 Å². The minimum Gasteiger partial charge on any atom is -0.393 e. The molecule has 19 heavy (non-hydrogen) atoms. The Kier molecular flexibility index (Phi) is 5.25. The summed E-state index contributed by atoms with van der Waals surface area (Å²) in [5.41, 5.74) is 2.61. The third-order valence-corrected chi connectivity index (χ3v) is 4.31. The van der Waals surface area contributed by atoms with Crippen LogP contribution in [0.15, 0.2) is 22.7 Å². The normalized spacial score (nSPS) is 23.7. The van der Waals surface area contributed by atoms with Gasteiger partial charge in [0, 0.05) is 29.8 Å². The van der Waals surface area contributed by atoms with E-state index in [9.17, 15) is 5.11 Å². The molecule has 1 heterocycles. The molecule has 1 saturated heterocycles. The molecular formula is C15H23BrN2O. The lowest BCUT2D eigenvalue weighted by Gasteiger charge is -2.37. The highest BCUT2D eigenvalue weighted by Crippen LogP contribution is 2.29. The zero-order valence-electron chi connectivity index (χ0n) is 11.7. The summed E-state index contributed by atoms with van der Waals surface area (Å²) < 4.78 is 1.11. The zero-order valence-corrected chi connectivity index (χ0v) is 13.3. The van der Waals surface area contributed by atoms with Crippen molar-refractivity contribution in [1.82, 2.24) is 5.32 Å². The molecule has 0 bridgehead atoms. The Bertz CT molecular complexity index is 425. The second kappa shape index (κ2) is 6.73. The molecule has 0 radical (unpaired) electrons. The molecule has 1 aliphatic rings. The summed E-state index contributed by atoms with van der Waals surface area (Å²) in [6, 6.07) is 6.47. The molecule has 2 N–H and O–H groups in total. The van der Waals surface area contributed by atoms with Gasteiger partial charge in [-0.3, -0.25) is 0 Å². The highest BCUT2D eigenvalue weighted by Gasteiger charge is 2.25. The largest absolute Gasteiger partial charge is 0.393 e.